The van der Waals surface area contributed by atoms with Crippen LogP contribution < -0.4 is 5.32 Å². The van der Waals surface area contributed by atoms with Crippen LogP contribution in [0.3, 0.4) is 0 Å². The molecule has 3 aliphatic rings. The van der Waals surface area contributed by atoms with Gasteiger partial charge in [-0.1, -0.05) is 58.1 Å². The molecule has 4 rings (SSSR count). The van der Waals surface area contributed by atoms with Gasteiger partial charge in [-0.2, -0.15) is 4.31 Å². The smallest absolute Gasteiger partial charge is 0.243 e. The van der Waals surface area contributed by atoms with E-state index in [9.17, 15) is 8.42 Å². The second-order valence-electron chi connectivity index (χ2n) is 11.8. The van der Waals surface area contributed by atoms with Gasteiger partial charge < -0.3 is 5.32 Å². The fourth-order valence-corrected chi connectivity index (χ4v) is 12.8. The van der Waals surface area contributed by atoms with Crippen LogP contribution in [0.1, 0.15) is 85.0 Å². The molecule has 0 unspecified atom stereocenters. The monoisotopic (exact) mass is 601 g/mol. The van der Waals surface area contributed by atoms with Gasteiger partial charge in [0.15, 0.2) is 5.11 Å². The SMILES string of the molecule is CC(C)(C)P(=NC(=S)Nc1cc(S(=O)(=O)N2CCCC2)ccc1Cl)(N1CCCCCC1)N1CCCCCC1. The summed E-state index contributed by atoms with van der Waals surface area (Å²) in [4.78, 5) is 0.242. The summed E-state index contributed by atoms with van der Waals surface area (Å²) in [5.74, 6) is 0. The molecule has 0 atom stereocenters. The fraction of sp³-hybridized carbons (Fsp3) is 0.741. The molecule has 11 heteroatoms. The van der Waals surface area contributed by atoms with Crippen molar-refractivity contribution in [2.24, 2.45) is 4.74 Å². The molecule has 0 amide bonds. The topological polar surface area (TPSA) is 68.2 Å². The molecule has 7 nitrogen and oxygen atoms in total. The zero-order valence-corrected chi connectivity index (χ0v) is 26.6. The molecular weight excluding hydrogens is 557 g/mol. The van der Waals surface area contributed by atoms with Crippen molar-refractivity contribution in [3.63, 3.8) is 0 Å². The Labute approximate surface area is 240 Å². The maximum absolute atomic E-state index is 13.2. The first-order valence-electron chi connectivity index (χ1n) is 14.3. The Morgan fingerprint density at radius 1 is 0.868 bits per heavy atom. The highest BCUT2D eigenvalue weighted by Gasteiger charge is 2.44. The van der Waals surface area contributed by atoms with Gasteiger partial charge in [0.2, 0.25) is 10.0 Å². The summed E-state index contributed by atoms with van der Waals surface area (Å²) in [5, 5.41) is 4.00. The molecule has 3 aliphatic heterocycles. The van der Waals surface area contributed by atoms with Crippen LogP contribution in [0.25, 0.3) is 0 Å². The number of nitrogens with zero attached hydrogens (tertiary/aromatic N) is 4. The number of hydrogen-bond acceptors (Lipinski definition) is 3. The van der Waals surface area contributed by atoms with Gasteiger partial charge in [0, 0.05) is 44.4 Å². The molecule has 3 fully saturated rings. The van der Waals surface area contributed by atoms with Crippen molar-refractivity contribution in [2.45, 2.75) is 95.0 Å². The number of rotatable bonds is 5. The number of benzene rings is 1. The van der Waals surface area contributed by atoms with Crippen molar-refractivity contribution < 1.29 is 8.42 Å². The van der Waals surface area contributed by atoms with Crippen LogP contribution >= 0.6 is 31.2 Å². The normalized spacial score (nSPS) is 21.6. The van der Waals surface area contributed by atoms with E-state index in [2.05, 4.69) is 35.4 Å². The van der Waals surface area contributed by atoms with Crippen molar-refractivity contribution in [1.29, 1.82) is 0 Å². The second kappa shape index (κ2) is 13.0. The zero-order chi connectivity index (χ0) is 27.4. The van der Waals surface area contributed by atoms with Crippen LogP contribution in [0.5, 0.6) is 0 Å². The summed E-state index contributed by atoms with van der Waals surface area (Å²) < 4.78 is 38.8. The average Bonchev–Trinajstić information content (AvgIpc) is 3.10. The van der Waals surface area contributed by atoms with E-state index in [1.807, 2.05) is 0 Å². The lowest BCUT2D eigenvalue weighted by Gasteiger charge is -2.50. The lowest BCUT2D eigenvalue weighted by Crippen LogP contribution is -2.42. The molecule has 1 aromatic rings. The Kier molecular flexibility index (Phi) is 10.4. The van der Waals surface area contributed by atoms with E-state index in [0.717, 1.165) is 39.0 Å². The molecule has 3 saturated heterocycles. The van der Waals surface area contributed by atoms with Crippen molar-refractivity contribution in [2.75, 3.05) is 44.6 Å². The van der Waals surface area contributed by atoms with Crippen molar-refractivity contribution >= 4 is 52.0 Å². The summed E-state index contributed by atoms with van der Waals surface area (Å²) >= 11 is 12.5. The number of thiocarbonyl (C=S) groups is 1. The van der Waals surface area contributed by atoms with Gasteiger partial charge in [0.25, 0.3) is 0 Å². The number of halogens is 1. The van der Waals surface area contributed by atoms with Crippen LogP contribution in [0.4, 0.5) is 5.69 Å². The van der Waals surface area contributed by atoms with E-state index in [1.165, 1.54) is 51.4 Å². The van der Waals surface area contributed by atoms with Crippen LogP contribution in [-0.4, -0.2) is 71.6 Å². The summed E-state index contributed by atoms with van der Waals surface area (Å²) in [5.41, 5.74) is 0.499. The molecule has 1 N–H and O–H groups in total. The first-order valence-corrected chi connectivity index (χ1v) is 18.2. The van der Waals surface area contributed by atoms with Gasteiger partial charge >= 0.3 is 0 Å². The predicted molar refractivity (Wildman–Crippen MR) is 165 cm³/mol. The van der Waals surface area contributed by atoms with Gasteiger partial charge in [-0.25, -0.2) is 13.2 Å². The average molecular weight is 602 g/mol. The lowest BCUT2D eigenvalue weighted by molar-refractivity contribution is 0.368. The van der Waals surface area contributed by atoms with Crippen LogP contribution in [0.2, 0.25) is 5.02 Å². The summed E-state index contributed by atoms with van der Waals surface area (Å²) in [6.07, 6.45) is 11.6. The molecule has 0 aliphatic carbocycles. The largest absolute Gasteiger partial charge is 0.330 e. The van der Waals surface area contributed by atoms with Gasteiger partial charge in [-0.15, -0.1) is 0 Å². The van der Waals surface area contributed by atoms with Crippen LogP contribution in [0.15, 0.2) is 27.8 Å². The molecule has 3 heterocycles. The van der Waals surface area contributed by atoms with E-state index in [0.29, 0.717) is 28.9 Å². The number of hydrogen-bond donors (Lipinski definition) is 1. The first kappa shape index (κ1) is 30.4. The van der Waals surface area contributed by atoms with E-state index < -0.39 is 17.4 Å². The minimum absolute atomic E-state index is 0.0991. The highest BCUT2D eigenvalue weighted by atomic mass is 35.5. The third kappa shape index (κ3) is 6.67. The Morgan fingerprint density at radius 3 is 1.82 bits per heavy atom. The van der Waals surface area contributed by atoms with Gasteiger partial charge in [-0.05, 0) is 68.9 Å². The lowest BCUT2D eigenvalue weighted by atomic mass is 10.2. The minimum Gasteiger partial charge on any atom is -0.330 e. The molecule has 0 spiro atoms. The molecule has 0 radical (unpaired) electrons. The Balaban J connectivity index is 1.73. The maximum atomic E-state index is 13.2. The second-order valence-corrected chi connectivity index (χ2v) is 18.3. The fourth-order valence-electron chi connectivity index (χ4n) is 6.07. The van der Waals surface area contributed by atoms with E-state index in [1.54, 1.807) is 22.5 Å². The van der Waals surface area contributed by atoms with Crippen molar-refractivity contribution in [3.8, 4) is 0 Å². The summed E-state index contributed by atoms with van der Waals surface area (Å²) in [6.45, 7) is 12.2. The van der Waals surface area contributed by atoms with Crippen molar-refractivity contribution in [3.05, 3.63) is 23.2 Å². The van der Waals surface area contributed by atoms with Gasteiger partial charge in [0.05, 0.1) is 15.6 Å². The van der Waals surface area contributed by atoms with Gasteiger partial charge in [0.1, 0.15) is 7.36 Å². The molecule has 38 heavy (non-hydrogen) atoms. The Bertz CT molecular complexity index is 1110. The highest BCUT2D eigenvalue weighted by Crippen LogP contribution is 2.67. The van der Waals surface area contributed by atoms with E-state index in [-0.39, 0.29) is 10.1 Å². The maximum Gasteiger partial charge on any atom is 0.243 e. The summed E-state index contributed by atoms with van der Waals surface area (Å²) in [6, 6.07) is 4.85. The van der Waals surface area contributed by atoms with Crippen LogP contribution in [-0.2, 0) is 10.0 Å². The molecule has 1 aromatic carbocycles. The number of sulfonamides is 1. The van der Waals surface area contributed by atoms with Gasteiger partial charge in [-0.3, -0.25) is 9.34 Å². The highest BCUT2D eigenvalue weighted by molar-refractivity contribution is 7.89. The van der Waals surface area contributed by atoms with Crippen molar-refractivity contribution in [1.82, 2.24) is 13.6 Å². The molecule has 0 bridgehead atoms. The standard InChI is InChI=1S/C27H45ClN5O2PS2/c1-27(2,3)36(31-16-8-4-5-9-17-31,32-18-10-6-7-11-19-32)30-26(37)29-25-22-23(14-15-24(25)28)38(34,35)33-20-12-13-21-33/h14-15,22H,4-13,16-21H2,1-3H3,(H,29,37). The van der Waals surface area contributed by atoms with E-state index >= 15 is 0 Å². The third-order valence-corrected chi connectivity index (χ3v) is 15.2. The van der Waals surface area contributed by atoms with E-state index in [4.69, 9.17) is 28.6 Å². The predicted octanol–water partition coefficient (Wildman–Crippen LogP) is 7.40. The molecular formula is C27H45ClN5O2PS2. The first-order chi connectivity index (χ1) is 18.1. The summed E-state index contributed by atoms with van der Waals surface area (Å²) in [7, 11) is -5.80. The number of anilines is 1. The number of nitrogens with one attached hydrogen (secondary N) is 1. The molecule has 0 saturated carbocycles. The Hall–Kier alpha value is -0.540. The minimum atomic E-state index is -3.56. The zero-order valence-electron chi connectivity index (χ0n) is 23.3. The molecule has 0 aromatic heterocycles. The van der Waals surface area contributed by atoms with Crippen LogP contribution in [0, 0.1) is 0 Å². The quantitative estimate of drug-likeness (QED) is 0.280. The molecule has 214 valence electrons. The Morgan fingerprint density at radius 2 is 1.34 bits per heavy atom. The third-order valence-electron chi connectivity index (χ3n) is 7.97.